The number of carbonyl (C=O) groups excluding carboxylic acids is 1. The standard InChI is InChI=1S/C8H4F5N3O4/c9-6(10)4-5(20-8(11,12)13)3(7(14)17)2(1-15-4)16(18)19/h1,6H,(H2,14,17). The minimum absolute atomic E-state index is 0.199. The van der Waals surface area contributed by atoms with Gasteiger partial charge in [-0.05, 0) is 0 Å². The first-order valence-electron chi connectivity index (χ1n) is 4.55. The second kappa shape index (κ2) is 5.22. The van der Waals surface area contributed by atoms with Gasteiger partial charge in [-0.3, -0.25) is 14.9 Å². The van der Waals surface area contributed by atoms with E-state index in [4.69, 9.17) is 0 Å². The summed E-state index contributed by atoms with van der Waals surface area (Å²) in [6.07, 6.45) is -8.83. The molecule has 0 unspecified atom stereocenters. The smallest absolute Gasteiger partial charge is 0.402 e. The third-order valence-corrected chi connectivity index (χ3v) is 1.91. The summed E-state index contributed by atoms with van der Waals surface area (Å²) in [7, 11) is 0. The Morgan fingerprint density at radius 3 is 2.35 bits per heavy atom. The van der Waals surface area contributed by atoms with Gasteiger partial charge in [0.15, 0.2) is 11.3 Å². The maximum atomic E-state index is 12.5. The van der Waals surface area contributed by atoms with Gasteiger partial charge in [0.1, 0.15) is 11.9 Å². The van der Waals surface area contributed by atoms with Gasteiger partial charge in [0, 0.05) is 0 Å². The summed E-state index contributed by atoms with van der Waals surface area (Å²) in [5.41, 5.74) is 0.386. The molecule has 0 atom stereocenters. The number of primary amides is 1. The number of aromatic nitrogens is 1. The minimum Gasteiger partial charge on any atom is -0.402 e. The van der Waals surface area contributed by atoms with Crippen LogP contribution in [0.15, 0.2) is 6.20 Å². The molecule has 0 aromatic carbocycles. The second-order valence-electron chi connectivity index (χ2n) is 3.20. The van der Waals surface area contributed by atoms with Gasteiger partial charge in [0.05, 0.1) is 4.92 Å². The third-order valence-electron chi connectivity index (χ3n) is 1.91. The van der Waals surface area contributed by atoms with E-state index in [1.165, 1.54) is 0 Å². The quantitative estimate of drug-likeness (QED) is 0.519. The predicted molar refractivity (Wildman–Crippen MR) is 51.0 cm³/mol. The van der Waals surface area contributed by atoms with Crippen molar-refractivity contribution in [2.45, 2.75) is 12.8 Å². The van der Waals surface area contributed by atoms with Gasteiger partial charge in [-0.1, -0.05) is 0 Å². The molecule has 0 spiro atoms. The number of hydrogen-bond donors (Lipinski definition) is 1. The van der Waals surface area contributed by atoms with Crippen LogP contribution >= 0.6 is 0 Å². The number of halogens is 5. The number of ether oxygens (including phenoxy) is 1. The molecule has 0 aliphatic rings. The number of nitrogens with two attached hydrogens (primary N) is 1. The molecule has 1 rings (SSSR count). The van der Waals surface area contributed by atoms with Gasteiger partial charge >= 0.3 is 12.0 Å². The highest BCUT2D eigenvalue weighted by Gasteiger charge is 2.39. The van der Waals surface area contributed by atoms with Crippen molar-refractivity contribution in [3.63, 3.8) is 0 Å². The van der Waals surface area contributed by atoms with Gasteiger partial charge in [0.2, 0.25) is 0 Å². The molecule has 0 aliphatic heterocycles. The molecule has 1 heterocycles. The molecule has 0 bridgehead atoms. The molecule has 110 valence electrons. The van der Waals surface area contributed by atoms with Gasteiger partial charge in [-0.15, -0.1) is 13.2 Å². The fraction of sp³-hybridized carbons (Fsp3) is 0.250. The molecular weight excluding hydrogens is 297 g/mol. The highest BCUT2D eigenvalue weighted by Crippen LogP contribution is 2.38. The summed E-state index contributed by atoms with van der Waals surface area (Å²) in [5.74, 6) is -3.52. The molecule has 12 heteroatoms. The number of nitrogens with zero attached hydrogens (tertiary/aromatic N) is 2. The lowest BCUT2D eigenvalue weighted by molar-refractivity contribution is -0.385. The fourth-order valence-corrected chi connectivity index (χ4v) is 1.25. The number of amides is 1. The molecule has 2 N–H and O–H groups in total. The highest BCUT2D eigenvalue weighted by atomic mass is 19.4. The van der Waals surface area contributed by atoms with Crippen LogP contribution in [0.1, 0.15) is 22.5 Å². The van der Waals surface area contributed by atoms with Crippen molar-refractivity contribution >= 4 is 11.6 Å². The number of nitro groups is 1. The van der Waals surface area contributed by atoms with Crippen LogP contribution in [0.25, 0.3) is 0 Å². The zero-order chi connectivity index (χ0) is 15.7. The van der Waals surface area contributed by atoms with Crippen molar-refractivity contribution in [3.8, 4) is 5.75 Å². The van der Waals surface area contributed by atoms with Crippen LogP contribution in [-0.2, 0) is 0 Å². The van der Waals surface area contributed by atoms with Crippen molar-refractivity contribution in [1.82, 2.24) is 4.98 Å². The molecule has 20 heavy (non-hydrogen) atoms. The van der Waals surface area contributed by atoms with E-state index in [1.54, 1.807) is 0 Å². The lowest BCUT2D eigenvalue weighted by atomic mass is 10.1. The van der Waals surface area contributed by atoms with Crippen LogP contribution < -0.4 is 10.5 Å². The number of carbonyl (C=O) groups is 1. The zero-order valence-electron chi connectivity index (χ0n) is 9.15. The lowest BCUT2D eigenvalue weighted by Gasteiger charge is -2.14. The predicted octanol–water partition coefficient (Wildman–Crippen LogP) is 1.92. The van der Waals surface area contributed by atoms with Gasteiger partial charge in [-0.2, -0.15) is 0 Å². The minimum atomic E-state index is -5.47. The number of rotatable bonds is 4. The highest BCUT2D eigenvalue weighted by molar-refractivity contribution is 6.00. The van der Waals surface area contributed by atoms with Gasteiger partial charge in [-0.25, -0.2) is 13.8 Å². The van der Waals surface area contributed by atoms with E-state index in [2.05, 4.69) is 15.5 Å². The first kappa shape index (κ1) is 15.5. The first-order chi connectivity index (χ1) is 9.04. The van der Waals surface area contributed by atoms with Crippen LogP contribution in [0.3, 0.4) is 0 Å². The van der Waals surface area contributed by atoms with E-state index in [0.717, 1.165) is 0 Å². The van der Waals surface area contributed by atoms with Crippen molar-refractivity contribution in [2.75, 3.05) is 0 Å². The van der Waals surface area contributed by atoms with Crippen LogP contribution in [0, 0.1) is 10.1 Å². The average Bonchev–Trinajstić information content (AvgIpc) is 2.24. The van der Waals surface area contributed by atoms with Crippen molar-refractivity contribution in [1.29, 1.82) is 0 Å². The van der Waals surface area contributed by atoms with Crippen molar-refractivity contribution in [2.24, 2.45) is 5.73 Å². The van der Waals surface area contributed by atoms with E-state index < -0.39 is 46.3 Å². The lowest BCUT2D eigenvalue weighted by Crippen LogP contribution is -2.23. The first-order valence-corrected chi connectivity index (χ1v) is 4.55. The summed E-state index contributed by atoms with van der Waals surface area (Å²) in [4.78, 5) is 23.1. The number of hydrogen-bond acceptors (Lipinski definition) is 5. The Labute approximate surface area is 106 Å². The molecule has 7 nitrogen and oxygen atoms in total. The summed E-state index contributed by atoms with van der Waals surface area (Å²) in [6, 6.07) is 0. The van der Waals surface area contributed by atoms with E-state index in [-0.39, 0.29) is 6.20 Å². The van der Waals surface area contributed by atoms with Crippen molar-refractivity contribution < 1.29 is 36.4 Å². The molecule has 0 fully saturated rings. The largest absolute Gasteiger partial charge is 0.573 e. The Hall–Kier alpha value is -2.53. The Balaban J connectivity index is 3.65. The molecule has 1 aromatic heterocycles. The monoisotopic (exact) mass is 301 g/mol. The topological polar surface area (TPSA) is 108 Å². The molecule has 1 aromatic rings. The maximum Gasteiger partial charge on any atom is 0.573 e. The van der Waals surface area contributed by atoms with Crippen LogP contribution in [0.4, 0.5) is 27.6 Å². The second-order valence-corrected chi connectivity index (χ2v) is 3.20. The Morgan fingerprint density at radius 2 is 2.00 bits per heavy atom. The van der Waals surface area contributed by atoms with E-state index in [9.17, 15) is 36.9 Å². The third kappa shape index (κ3) is 3.27. The Kier molecular flexibility index (Phi) is 4.06. The van der Waals surface area contributed by atoms with Crippen LogP contribution in [0.5, 0.6) is 5.75 Å². The van der Waals surface area contributed by atoms with Gasteiger partial charge in [0.25, 0.3) is 12.3 Å². The summed E-state index contributed by atoms with van der Waals surface area (Å²) in [5, 5.41) is 10.6. The van der Waals surface area contributed by atoms with Crippen molar-refractivity contribution in [3.05, 3.63) is 27.6 Å². The van der Waals surface area contributed by atoms with E-state index >= 15 is 0 Å². The number of pyridine rings is 1. The van der Waals surface area contributed by atoms with Crippen LogP contribution in [-0.4, -0.2) is 22.2 Å². The molecule has 1 amide bonds. The molecule has 0 aliphatic carbocycles. The molecule has 0 saturated heterocycles. The summed E-state index contributed by atoms with van der Waals surface area (Å²) < 4.78 is 64.8. The maximum absolute atomic E-state index is 12.5. The SMILES string of the molecule is NC(=O)c1c([N+](=O)[O-])cnc(C(F)F)c1OC(F)(F)F. The fourth-order valence-electron chi connectivity index (χ4n) is 1.25. The van der Waals surface area contributed by atoms with Crippen LogP contribution in [0.2, 0.25) is 0 Å². The summed E-state index contributed by atoms with van der Waals surface area (Å²) >= 11 is 0. The normalized spacial score (nSPS) is 11.5. The Morgan fingerprint density at radius 1 is 1.45 bits per heavy atom. The van der Waals surface area contributed by atoms with E-state index in [1.807, 2.05) is 0 Å². The van der Waals surface area contributed by atoms with E-state index in [0.29, 0.717) is 0 Å². The average molecular weight is 301 g/mol. The number of alkyl halides is 5. The molecular formula is C8H4F5N3O4. The zero-order valence-corrected chi connectivity index (χ0v) is 9.15. The van der Waals surface area contributed by atoms with Gasteiger partial charge < -0.3 is 10.5 Å². The molecule has 0 radical (unpaired) electrons. The summed E-state index contributed by atoms with van der Waals surface area (Å²) in [6.45, 7) is 0. The Bertz CT molecular complexity index is 560. The molecule has 0 saturated carbocycles.